The normalized spacial score (nSPS) is 13.4. The minimum atomic E-state index is -3.48. The van der Waals surface area contributed by atoms with E-state index in [9.17, 15) is 8.42 Å². The first-order chi connectivity index (χ1) is 9.04. The summed E-state index contributed by atoms with van der Waals surface area (Å²) in [6.45, 7) is 3.86. The molecular formula is C12H16N4O2S. The fourth-order valence-corrected chi connectivity index (χ4v) is 3.37. The first-order valence-corrected chi connectivity index (χ1v) is 7.76. The molecular weight excluding hydrogens is 264 g/mol. The van der Waals surface area contributed by atoms with Gasteiger partial charge in [0.25, 0.3) is 5.16 Å². The van der Waals surface area contributed by atoms with Gasteiger partial charge in [-0.2, -0.15) is 4.68 Å². The summed E-state index contributed by atoms with van der Waals surface area (Å²) in [4.78, 5) is 0. The molecule has 0 saturated heterocycles. The Kier molecular flexibility index (Phi) is 3.94. The number of rotatable bonds is 5. The standard InChI is InChI=1S/C12H16N4O2S/c1-3-10(2)9-19(17,18)12-13-14-15-16(12)11-7-5-4-6-8-11/h4-8,10H,3,9H2,1-2H3/t10-/m0/s1. The summed E-state index contributed by atoms with van der Waals surface area (Å²) in [5, 5.41) is 10.8. The van der Waals surface area contributed by atoms with E-state index in [1.165, 1.54) is 4.68 Å². The lowest BCUT2D eigenvalue weighted by atomic mass is 10.2. The molecule has 102 valence electrons. The van der Waals surface area contributed by atoms with Gasteiger partial charge in [-0.3, -0.25) is 0 Å². The summed E-state index contributed by atoms with van der Waals surface area (Å²) < 4.78 is 25.8. The number of nitrogens with zero attached hydrogens (tertiary/aromatic N) is 4. The van der Waals surface area contributed by atoms with Crippen LogP contribution in [0.1, 0.15) is 20.3 Å². The van der Waals surface area contributed by atoms with E-state index in [1.807, 2.05) is 32.0 Å². The molecule has 1 heterocycles. The van der Waals surface area contributed by atoms with Gasteiger partial charge in [0.2, 0.25) is 9.84 Å². The van der Waals surface area contributed by atoms with Gasteiger partial charge in [-0.05, 0) is 28.5 Å². The van der Waals surface area contributed by atoms with Crippen LogP contribution in [-0.2, 0) is 9.84 Å². The van der Waals surface area contributed by atoms with Crippen molar-refractivity contribution in [2.24, 2.45) is 5.92 Å². The maximum atomic E-state index is 12.3. The topological polar surface area (TPSA) is 77.7 Å². The smallest absolute Gasteiger partial charge is 0.220 e. The van der Waals surface area contributed by atoms with Crippen LogP contribution in [0.25, 0.3) is 5.69 Å². The number of hydrogen-bond donors (Lipinski definition) is 0. The molecule has 0 aliphatic carbocycles. The number of benzene rings is 1. The summed E-state index contributed by atoms with van der Waals surface area (Å²) in [5.41, 5.74) is 0.634. The van der Waals surface area contributed by atoms with Gasteiger partial charge >= 0.3 is 0 Å². The van der Waals surface area contributed by atoms with Crippen LogP contribution in [-0.4, -0.2) is 34.4 Å². The SMILES string of the molecule is CC[C@H](C)CS(=O)(=O)c1nnnn1-c1ccccc1. The molecule has 1 aromatic heterocycles. The van der Waals surface area contributed by atoms with Gasteiger partial charge in [-0.1, -0.05) is 43.6 Å². The molecule has 2 rings (SSSR count). The van der Waals surface area contributed by atoms with E-state index in [2.05, 4.69) is 15.5 Å². The van der Waals surface area contributed by atoms with Crippen LogP contribution in [0, 0.1) is 5.92 Å². The number of aromatic nitrogens is 4. The second kappa shape index (κ2) is 5.48. The Balaban J connectivity index is 2.40. The number of sulfone groups is 1. The van der Waals surface area contributed by atoms with Crippen molar-refractivity contribution in [2.75, 3.05) is 5.75 Å². The fraction of sp³-hybridized carbons (Fsp3) is 0.417. The lowest BCUT2D eigenvalue weighted by molar-refractivity contribution is 0.552. The molecule has 6 nitrogen and oxygen atoms in total. The summed E-state index contributed by atoms with van der Waals surface area (Å²) >= 11 is 0. The molecule has 0 bridgehead atoms. The average molecular weight is 280 g/mol. The number of para-hydroxylation sites is 1. The Morgan fingerprint density at radius 3 is 2.58 bits per heavy atom. The quantitative estimate of drug-likeness (QED) is 0.829. The Morgan fingerprint density at radius 1 is 1.26 bits per heavy atom. The molecule has 19 heavy (non-hydrogen) atoms. The van der Waals surface area contributed by atoms with Crippen molar-refractivity contribution in [1.82, 2.24) is 20.2 Å². The molecule has 7 heteroatoms. The highest BCUT2D eigenvalue weighted by Crippen LogP contribution is 2.16. The molecule has 0 radical (unpaired) electrons. The van der Waals surface area contributed by atoms with Gasteiger partial charge in [-0.25, -0.2) is 8.42 Å². The number of hydrogen-bond acceptors (Lipinski definition) is 5. The summed E-state index contributed by atoms with van der Waals surface area (Å²) in [6.07, 6.45) is 0.798. The van der Waals surface area contributed by atoms with E-state index in [0.717, 1.165) is 6.42 Å². The Bertz CT molecular complexity index is 637. The minimum Gasteiger partial charge on any atom is -0.220 e. The van der Waals surface area contributed by atoms with Crippen LogP contribution in [0.15, 0.2) is 35.5 Å². The molecule has 1 atom stereocenters. The molecule has 0 aliphatic rings. The van der Waals surface area contributed by atoms with E-state index in [0.29, 0.717) is 5.69 Å². The van der Waals surface area contributed by atoms with Crippen LogP contribution in [0.5, 0.6) is 0 Å². The Morgan fingerprint density at radius 2 is 1.95 bits per heavy atom. The Hall–Kier alpha value is -1.76. The van der Waals surface area contributed by atoms with Crippen molar-refractivity contribution in [3.8, 4) is 5.69 Å². The van der Waals surface area contributed by atoms with E-state index in [-0.39, 0.29) is 16.8 Å². The number of tetrazole rings is 1. The van der Waals surface area contributed by atoms with E-state index in [1.54, 1.807) is 12.1 Å². The fourth-order valence-electron chi connectivity index (χ4n) is 1.67. The predicted octanol–water partition coefficient (Wildman–Crippen LogP) is 1.48. The highest BCUT2D eigenvalue weighted by atomic mass is 32.2. The first kappa shape index (κ1) is 13.7. The van der Waals surface area contributed by atoms with Gasteiger partial charge in [0.05, 0.1) is 11.4 Å². The van der Waals surface area contributed by atoms with Crippen molar-refractivity contribution in [1.29, 1.82) is 0 Å². The maximum absolute atomic E-state index is 12.3. The van der Waals surface area contributed by atoms with E-state index >= 15 is 0 Å². The van der Waals surface area contributed by atoms with Crippen molar-refractivity contribution in [3.63, 3.8) is 0 Å². The second-order valence-corrected chi connectivity index (χ2v) is 6.43. The van der Waals surface area contributed by atoms with Crippen LogP contribution < -0.4 is 0 Å². The van der Waals surface area contributed by atoms with Crippen molar-refractivity contribution in [2.45, 2.75) is 25.4 Å². The average Bonchev–Trinajstić information content (AvgIpc) is 2.89. The van der Waals surface area contributed by atoms with Gasteiger partial charge < -0.3 is 0 Å². The van der Waals surface area contributed by atoms with Crippen LogP contribution in [0.2, 0.25) is 0 Å². The van der Waals surface area contributed by atoms with E-state index < -0.39 is 9.84 Å². The lowest BCUT2D eigenvalue weighted by Gasteiger charge is -2.09. The molecule has 0 N–H and O–H groups in total. The lowest BCUT2D eigenvalue weighted by Crippen LogP contribution is -2.18. The molecule has 0 fully saturated rings. The van der Waals surface area contributed by atoms with E-state index in [4.69, 9.17) is 0 Å². The summed E-state index contributed by atoms with van der Waals surface area (Å²) in [7, 11) is -3.48. The predicted molar refractivity (Wildman–Crippen MR) is 70.7 cm³/mol. The van der Waals surface area contributed by atoms with Crippen LogP contribution in [0.3, 0.4) is 0 Å². The second-order valence-electron chi connectivity index (χ2n) is 4.50. The highest BCUT2D eigenvalue weighted by Gasteiger charge is 2.25. The zero-order valence-electron chi connectivity index (χ0n) is 10.9. The van der Waals surface area contributed by atoms with Gasteiger partial charge in [-0.15, -0.1) is 0 Å². The third-order valence-corrected chi connectivity index (χ3v) is 4.74. The largest absolute Gasteiger partial charge is 0.272 e. The molecule has 0 saturated carbocycles. The van der Waals surface area contributed by atoms with Gasteiger partial charge in [0.1, 0.15) is 0 Å². The molecule has 0 amide bonds. The van der Waals surface area contributed by atoms with Crippen molar-refractivity contribution in [3.05, 3.63) is 30.3 Å². The van der Waals surface area contributed by atoms with Crippen molar-refractivity contribution < 1.29 is 8.42 Å². The molecule has 0 aliphatic heterocycles. The third-order valence-electron chi connectivity index (χ3n) is 2.92. The van der Waals surface area contributed by atoms with Crippen LogP contribution in [0.4, 0.5) is 0 Å². The van der Waals surface area contributed by atoms with Gasteiger partial charge in [0, 0.05) is 0 Å². The summed E-state index contributed by atoms with van der Waals surface area (Å²) in [6, 6.07) is 8.99. The maximum Gasteiger partial charge on any atom is 0.272 e. The summed E-state index contributed by atoms with van der Waals surface area (Å²) in [5.74, 6) is 0.127. The monoisotopic (exact) mass is 280 g/mol. The molecule has 2 aromatic rings. The van der Waals surface area contributed by atoms with Gasteiger partial charge in [0.15, 0.2) is 0 Å². The highest BCUT2D eigenvalue weighted by molar-refractivity contribution is 7.91. The molecule has 0 unspecified atom stereocenters. The Labute approximate surface area is 112 Å². The third kappa shape index (κ3) is 2.98. The zero-order valence-corrected chi connectivity index (χ0v) is 11.7. The zero-order chi connectivity index (χ0) is 13.9. The minimum absolute atomic E-state index is 0.0523. The van der Waals surface area contributed by atoms with Crippen LogP contribution >= 0.6 is 0 Å². The van der Waals surface area contributed by atoms with Crippen molar-refractivity contribution >= 4 is 9.84 Å². The first-order valence-electron chi connectivity index (χ1n) is 6.11. The molecule has 1 aromatic carbocycles. The molecule has 0 spiro atoms.